The zero-order chi connectivity index (χ0) is 20.8. The molecule has 2 amide bonds. The van der Waals surface area contributed by atoms with E-state index in [1.807, 2.05) is 68.4 Å². The lowest BCUT2D eigenvalue weighted by molar-refractivity contribution is -0.122. The van der Waals surface area contributed by atoms with Gasteiger partial charge in [0.15, 0.2) is 0 Å². The highest BCUT2D eigenvalue weighted by Gasteiger charge is 2.42. The SMILES string of the molecule is CCC(C)OC(=O)N1[C@@H](C(N)=O)CC[C@H]1c1ccc(OCc2ccccc2)cc1. The molecule has 0 spiro atoms. The number of hydrogen-bond acceptors (Lipinski definition) is 4. The summed E-state index contributed by atoms with van der Waals surface area (Å²) < 4.78 is 11.3. The molecule has 6 heteroatoms. The van der Waals surface area contributed by atoms with Crippen molar-refractivity contribution in [3.63, 3.8) is 0 Å². The van der Waals surface area contributed by atoms with Crippen LogP contribution in [0.5, 0.6) is 5.75 Å². The van der Waals surface area contributed by atoms with Crippen molar-refractivity contribution >= 4 is 12.0 Å². The molecule has 0 aromatic heterocycles. The third-order valence-corrected chi connectivity index (χ3v) is 5.31. The van der Waals surface area contributed by atoms with E-state index in [2.05, 4.69) is 0 Å². The van der Waals surface area contributed by atoms with Gasteiger partial charge in [-0.15, -0.1) is 0 Å². The van der Waals surface area contributed by atoms with Crippen molar-refractivity contribution in [3.05, 3.63) is 65.7 Å². The van der Waals surface area contributed by atoms with E-state index in [1.165, 1.54) is 4.90 Å². The highest BCUT2D eigenvalue weighted by atomic mass is 16.6. The number of amides is 2. The van der Waals surface area contributed by atoms with Crippen molar-refractivity contribution < 1.29 is 19.1 Å². The normalized spacial score (nSPS) is 19.6. The summed E-state index contributed by atoms with van der Waals surface area (Å²) in [5.74, 6) is 0.243. The summed E-state index contributed by atoms with van der Waals surface area (Å²) >= 11 is 0. The highest BCUT2D eigenvalue weighted by Crippen LogP contribution is 2.37. The largest absolute Gasteiger partial charge is 0.489 e. The molecular formula is C23H28N2O4. The number of benzene rings is 2. The van der Waals surface area contributed by atoms with Crippen LogP contribution in [-0.2, 0) is 16.1 Å². The first-order valence-electron chi connectivity index (χ1n) is 10.0. The second-order valence-electron chi connectivity index (χ2n) is 7.36. The number of hydrogen-bond donors (Lipinski definition) is 1. The molecule has 3 rings (SSSR count). The van der Waals surface area contributed by atoms with Crippen LogP contribution in [0.1, 0.15) is 50.3 Å². The Morgan fingerprint density at radius 3 is 2.41 bits per heavy atom. The minimum absolute atomic E-state index is 0.217. The number of ether oxygens (including phenoxy) is 2. The van der Waals surface area contributed by atoms with Crippen LogP contribution in [-0.4, -0.2) is 29.0 Å². The molecule has 0 bridgehead atoms. The van der Waals surface area contributed by atoms with Gasteiger partial charge in [-0.3, -0.25) is 9.69 Å². The van der Waals surface area contributed by atoms with Crippen LogP contribution in [0, 0.1) is 0 Å². The Morgan fingerprint density at radius 1 is 1.10 bits per heavy atom. The van der Waals surface area contributed by atoms with Gasteiger partial charge in [-0.05, 0) is 49.4 Å². The first kappa shape index (κ1) is 20.7. The van der Waals surface area contributed by atoms with E-state index in [0.29, 0.717) is 25.9 Å². The second-order valence-corrected chi connectivity index (χ2v) is 7.36. The number of nitrogens with two attached hydrogens (primary N) is 1. The molecule has 1 saturated heterocycles. The summed E-state index contributed by atoms with van der Waals surface area (Å²) in [6, 6.07) is 16.7. The lowest BCUT2D eigenvalue weighted by atomic mass is 10.0. The Morgan fingerprint density at radius 2 is 1.79 bits per heavy atom. The zero-order valence-corrected chi connectivity index (χ0v) is 16.9. The van der Waals surface area contributed by atoms with E-state index in [1.54, 1.807) is 0 Å². The summed E-state index contributed by atoms with van der Waals surface area (Å²) in [5.41, 5.74) is 7.57. The van der Waals surface area contributed by atoms with Gasteiger partial charge in [-0.1, -0.05) is 49.4 Å². The van der Waals surface area contributed by atoms with Crippen molar-refractivity contribution in [1.82, 2.24) is 4.90 Å². The third kappa shape index (κ3) is 5.08. The van der Waals surface area contributed by atoms with Crippen molar-refractivity contribution in [3.8, 4) is 5.75 Å². The van der Waals surface area contributed by atoms with E-state index in [-0.39, 0.29) is 12.1 Å². The van der Waals surface area contributed by atoms with Gasteiger partial charge in [0, 0.05) is 0 Å². The number of carbonyl (C=O) groups excluding carboxylic acids is 2. The molecule has 1 aliphatic heterocycles. The van der Waals surface area contributed by atoms with E-state index < -0.39 is 18.0 Å². The van der Waals surface area contributed by atoms with Crippen LogP contribution in [0.4, 0.5) is 4.79 Å². The summed E-state index contributed by atoms with van der Waals surface area (Å²) in [6.07, 6.45) is 1.19. The Balaban J connectivity index is 1.71. The van der Waals surface area contributed by atoms with Gasteiger partial charge in [-0.25, -0.2) is 4.79 Å². The minimum Gasteiger partial charge on any atom is -0.489 e. The molecule has 0 aliphatic carbocycles. The number of likely N-dealkylation sites (tertiary alicyclic amines) is 1. The molecule has 154 valence electrons. The van der Waals surface area contributed by atoms with Gasteiger partial charge >= 0.3 is 6.09 Å². The van der Waals surface area contributed by atoms with Crippen LogP contribution < -0.4 is 10.5 Å². The standard InChI is InChI=1S/C23H28N2O4/c1-3-16(2)29-23(27)25-20(13-14-21(25)22(24)26)18-9-11-19(12-10-18)28-15-17-7-5-4-6-8-17/h4-12,16,20-21H,3,13-15H2,1-2H3,(H2,24,26)/t16?,20-,21+/m0/s1. The Bertz CT molecular complexity index is 823. The van der Waals surface area contributed by atoms with E-state index in [4.69, 9.17) is 15.2 Å². The van der Waals surface area contributed by atoms with Crippen LogP contribution in [0.25, 0.3) is 0 Å². The molecule has 1 heterocycles. The molecule has 2 aromatic carbocycles. The van der Waals surface area contributed by atoms with Gasteiger partial charge in [0.25, 0.3) is 0 Å². The Kier molecular flexibility index (Phi) is 6.75. The van der Waals surface area contributed by atoms with Gasteiger partial charge < -0.3 is 15.2 Å². The molecule has 1 fully saturated rings. The Labute approximate surface area is 171 Å². The van der Waals surface area contributed by atoms with Crippen LogP contribution in [0.15, 0.2) is 54.6 Å². The Hall–Kier alpha value is -3.02. The first-order chi connectivity index (χ1) is 14.0. The molecule has 0 radical (unpaired) electrons. The van der Waals surface area contributed by atoms with Crippen molar-refractivity contribution in [2.75, 3.05) is 0 Å². The number of rotatable bonds is 7. The number of primary amides is 1. The molecule has 3 atom stereocenters. The monoisotopic (exact) mass is 396 g/mol. The summed E-state index contributed by atoms with van der Waals surface area (Å²) in [5, 5.41) is 0. The van der Waals surface area contributed by atoms with Gasteiger partial charge in [0.2, 0.25) is 5.91 Å². The predicted molar refractivity (Wildman–Crippen MR) is 110 cm³/mol. The topological polar surface area (TPSA) is 81.9 Å². The lowest BCUT2D eigenvalue weighted by Crippen LogP contribution is -2.45. The maximum atomic E-state index is 12.7. The van der Waals surface area contributed by atoms with Crippen LogP contribution in [0.3, 0.4) is 0 Å². The van der Waals surface area contributed by atoms with Gasteiger partial charge in [0.1, 0.15) is 24.5 Å². The second kappa shape index (κ2) is 9.45. The van der Waals surface area contributed by atoms with Crippen molar-refractivity contribution in [2.24, 2.45) is 5.73 Å². The maximum Gasteiger partial charge on any atom is 0.411 e. The van der Waals surface area contributed by atoms with Crippen molar-refractivity contribution in [2.45, 2.75) is 57.9 Å². The molecule has 1 aliphatic rings. The first-order valence-corrected chi connectivity index (χ1v) is 10.0. The molecule has 29 heavy (non-hydrogen) atoms. The predicted octanol–water partition coefficient (Wildman–Crippen LogP) is 4.19. The quantitative estimate of drug-likeness (QED) is 0.761. The van der Waals surface area contributed by atoms with Crippen molar-refractivity contribution in [1.29, 1.82) is 0 Å². The molecule has 2 aromatic rings. The van der Waals surface area contributed by atoms with Crippen LogP contribution >= 0.6 is 0 Å². The average Bonchev–Trinajstić information content (AvgIpc) is 3.19. The molecular weight excluding hydrogens is 368 g/mol. The molecule has 1 unspecified atom stereocenters. The molecule has 6 nitrogen and oxygen atoms in total. The fourth-order valence-corrected chi connectivity index (χ4v) is 3.52. The fourth-order valence-electron chi connectivity index (χ4n) is 3.52. The third-order valence-electron chi connectivity index (χ3n) is 5.31. The highest BCUT2D eigenvalue weighted by molar-refractivity contribution is 5.85. The molecule has 2 N–H and O–H groups in total. The average molecular weight is 396 g/mol. The fraction of sp³-hybridized carbons (Fsp3) is 0.391. The maximum absolute atomic E-state index is 12.7. The minimum atomic E-state index is -0.648. The van der Waals surface area contributed by atoms with E-state index in [9.17, 15) is 9.59 Å². The van der Waals surface area contributed by atoms with Gasteiger partial charge in [0.05, 0.1) is 6.04 Å². The van der Waals surface area contributed by atoms with E-state index >= 15 is 0 Å². The number of carbonyl (C=O) groups is 2. The lowest BCUT2D eigenvalue weighted by Gasteiger charge is -2.29. The zero-order valence-electron chi connectivity index (χ0n) is 16.9. The number of nitrogens with zero attached hydrogens (tertiary/aromatic N) is 1. The summed E-state index contributed by atoms with van der Waals surface area (Å²) in [6.45, 7) is 4.26. The molecule has 0 saturated carbocycles. The summed E-state index contributed by atoms with van der Waals surface area (Å²) in [4.78, 5) is 26.1. The van der Waals surface area contributed by atoms with Gasteiger partial charge in [-0.2, -0.15) is 0 Å². The van der Waals surface area contributed by atoms with E-state index in [0.717, 1.165) is 16.9 Å². The smallest absolute Gasteiger partial charge is 0.411 e. The summed E-state index contributed by atoms with van der Waals surface area (Å²) in [7, 11) is 0. The van der Waals surface area contributed by atoms with Crippen LogP contribution in [0.2, 0.25) is 0 Å².